The smallest absolute Gasteiger partial charge is 0.127 e. The summed E-state index contributed by atoms with van der Waals surface area (Å²) in [5, 5.41) is 12.8. The van der Waals surface area contributed by atoms with Crippen molar-refractivity contribution in [3.63, 3.8) is 0 Å². The van der Waals surface area contributed by atoms with Crippen molar-refractivity contribution in [2.24, 2.45) is 0 Å². The molecule has 4 nitrogen and oxygen atoms in total. The molecule has 0 radical (unpaired) electrons. The lowest BCUT2D eigenvalue weighted by Crippen LogP contribution is -2.24. The third-order valence-corrected chi connectivity index (χ3v) is 4.62. The van der Waals surface area contributed by atoms with Gasteiger partial charge in [-0.1, -0.05) is 55.5 Å². The van der Waals surface area contributed by atoms with E-state index in [9.17, 15) is 5.11 Å². The minimum absolute atomic E-state index is 0.240. The molecule has 0 saturated carbocycles. The molecule has 1 heterocycles. The van der Waals surface area contributed by atoms with Gasteiger partial charge in [-0.25, -0.2) is 4.98 Å². The van der Waals surface area contributed by atoms with Crippen molar-refractivity contribution in [3.05, 3.63) is 72.6 Å². The highest BCUT2D eigenvalue weighted by Gasteiger charge is 2.14. The second-order valence-corrected chi connectivity index (χ2v) is 6.42. The van der Waals surface area contributed by atoms with E-state index in [1.165, 1.54) is 0 Å². The van der Waals surface area contributed by atoms with Crippen LogP contribution >= 0.6 is 0 Å². The van der Waals surface area contributed by atoms with Crippen molar-refractivity contribution in [1.29, 1.82) is 0 Å². The van der Waals surface area contributed by atoms with Crippen LogP contribution in [0.5, 0.6) is 5.75 Å². The van der Waals surface area contributed by atoms with Crippen LogP contribution in [0.2, 0.25) is 0 Å². The zero-order valence-electron chi connectivity index (χ0n) is 14.8. The maximum Gasteiger partial charge on any atom is 0.127 e. The van der Waals surface area contributed by atoms with Crippen LogP contribution in [0.3, 0.4) is 0 Å². The standard InChI is InChI=1S/C22H22N2O2/c1-2-22-23-19-11-5-6-12-20(19)24(22)14-17(25)15-26-21-13-7-9-16-8-3-4-10-18(16)21/h3-13,17,25H,2,14-15H2,1H3/t17-/m0/s1. The molecule has 0 unspecified atom stereocenters. The Kier molecular flexibility index (Phi) is 4.59. The normalized spacial score (nSPS) is 12.5. The summed E-state index contributed by atoms with van der Waals surface area (Å²) >= 11 is 0. The van der Waals surface area contributed by atoms with Gasteiger partial charge in [0.25, 0.3) is 0 Å². The summed E-state index contributed by atoms with van der Waals surface area (Å²) in [4.78, 5) is 4.65. The summed E-state index contributed by atoms with van der Waals surface area (Å²) in [6.45, 7) is 2.79. The zero-order valence-corrected chi connectivity index (χ0v) is 14.8. The molecule has 1 N–H and O–H groups in total. The molecule has 4 rings (SSSR count). The molecule has 0 fully saturated rings. The molecule has 4 heteroatoms. The maximum atomic E-state index is 10.6. The average molecular weight is 346 g/mol. The van der Waals surface area contributed by atoms with Crippen LogP contribution in [0, 0.1) is 0 Å². The minimum Gasteiger partial charge on any atom is -0.490 e. The van der Waals surface area contributed by atoms with Crippen LogP contribution in [0.15, 0.2) is 66.7 Å². The number of ether oxygens (including phenoxy) is 1. The SMILES string of the molecule is CCc1nc2ccccc2n1C[C@H](O)COc1cccc2ccccc12. The molecular formula is C22H22N2O2. The highest BCUT2D eigenvalue weighted by Crippen LogP contribution is 2.25. The van der Waals surface area contributed by atoms with Crippen molar-refractivity contribution >= 4 is 21.8 Å². The first-order valence-corrected chi connectivity index (χ1v) is 8.99. The van der Waals surface area contributed by atoms with Crippen molar-refractivity contribution < 1.29 is 9.84 Å². The number of rotatable bonds is 6. The van der Waals surface area contributed by atoms with E-state index in [4.69, 9.17) is 4.74 Å². The molecule has 0 spiro atoms. The molecule has 4 aromatic rings. The Hall–Kier alpha value is -2.85. The minimum atomic E-state index is -0.614. The molecule has 0 saturated heterocycles. The van der Waals surface area contributed by atoms with Gasteiger partial charge in [-0.3, -0.25) is 0 Å². The van der Waals surface area contributed by atoms with E-state index in [0.29, 0.717) is 6.54 Å². The first kappa shape index (κ1) is 16.6. The number of hydrogen-bond acceptors (Lipinski definition) is 3. The number of para-hydroxylation sites is 2. The van der Waals surface area contributed by atoms with Gasteiger partial charge in [0.05, 0.1) is 17.6 Å². The number of aliphatic hydroxyl groups excluding tert-OH is 1. The van der Waals surface area contributed by atoms with Crippen molar-refractivity contribution in [3.8, 4) is 5.75 Å². The molecule has 0 aliphatic rings. The first-order valence-electron chi connectivity index (χ1n) is 8.99. The Morgan fingerprint density at radius 1 is 1.00 bits per heavy atom. The average Bonchev–Trinajstić information content (AvgIpc) is 3.04. The second kappa shape index (κ2) is 7.18. The van der Waals surface area contributed by atoms with E-state index in [0.717, 1.165) is 39.8 Å². The number of aromatic nitrogens is 2. The van der Waals surface area contributed by atoms with Crippen molar-refractivity contribution in [2.45, 2.75) is 26.0 Å². The van der Waals surface area contributed by atoms with Crippen LogP contribution in [-0.4, -0.2) is 27.4 Å². The molecular weight excluding hydrogens is 324 g/mol. The van der Waals surface area contributed by atoms with Gasteiger partial charge in [0.2, 0.25) is 0 Å². The van der Waals surface area contributed by atoms with Gasteiger partial charge in [0.15, 0.2) is 0 Å². The number of aliphatic hydroxyl groups is 1. The van der Waals surface area contributed by atoms with Crippen LogP contribution in [0.4, 0.5) is 0 Å². The summed E-state index contributed by atoms with van der Waals surface area (Å²) in [5.41, 5.74) is 2.01. The molecule has 0 amide bonds. The van der Waals surface area contributed by atoms with Gasteiger partial charge >= 0.3 is 0 Å². The lowest BCUT2D eigenvalue weighted by molar-refractivity contribution is 0.0935. The van der Waals surface area contributed by atoms with Crippen LogP contribution < -0.4 is 4.74 Å². The van der Waals surface area contributed by atoms with Crippen LogP contribution in [0.1, 0.15) is 12.7 Å². The van der Waals surface area contributed by atoms with E-state index in [-0.39, 0.29) is 6.61 Å². The van der Waals surface area contributed by atoms with Crippen LogP contribution in [-0.2, 0) is 13.0 Å². The summed E-state index contributed by atoms with van der Waals surface area (Å²) in [7, 11) is 0. The molecule has 132 valence electrons. The second-order valence-electron chi connectivity index (χ2n) is 6.42. The number of hydrogen-bond donors (Lipinski definition) is 1. The summed E-state index contributed by atoms with van der Waals surface area (Å²) in [6, 6.07) is 22.1. The van der Waals surface area contributed by atoms with Crippen molar-refractivity contribution in [1.82, 2.24) is 9.55 Å². The number of benzene rings is 3. The van der Waals surface area contributed by atoms with E-state index in [1.807, 2.05) is 54.6 Å². The van der Waals surface area contributed by atoms with E-state index >= 15 is 0 Å². The summed E-state index contributed by atoms with van der Waals surface area (Å²) in [5.74, 6) is 1.78. The predicted molar refractivity (Wildman–Crippen MR) is 105 cm³/mol. The van der Waals surface area contributed by atoms with Crippen LogP contribution in [0.25, 0.3) is 21.8 Å². The van der Waals surface area contributed by atoms with Crippen molar-refractivity contribution in [2.75, 3.05) is 6.61 Å². The number of imidazole rings is 1. The number of nitrogens with zero attached hydrogens (tertiary/aromatic N) is 2. The predicted octanol–water partition coefficient (Wildman–Crippen LogP) is 4.19. The van der Waals surface area contributed by atoms with Gasteiger partial charge in [0.1, 0.15) is 24.3 Å². The topological polar surface area (TPSA) is 47.3 Å². The summed E-state index contributed by atoms with van der Waals surface area (Å²) in [6.07, 6.45) is 0.211. The molecule has 0 aliphatic carbocycles. The Balaban J connectivity index is 1.52. The monoisotopic (exact) mass is 346 g/mol. The van der Waals surface area contributed by atoms with Gasteiger partial charge in [-0.2, -0.15) is 0 Å². The third-order valence-electron chi connectivity index (χ3n) is 4.62. The Morgan fingerprint density at radius 2 is 1.77 bits per heavy atom. The Labute approximate surface area is 152 Å². The summed E-state index contributed by atoms with van der Waals surface area (Å²) < 4.78 is 8.02. The highest BCUT2D eigenvalue weighted by molar-refractivity contribution is 5.88. The van der Waals surface area contributed by atoms with Gasteiger partial charge in [0, 0.05) is 11.8 Å². The molecule has 0 bridgehead atoms. The lowest BCUT2D eigenvalue weighted by atomic mass is 10.1. The maximum absolute atomic E-state index is 10.6. The number of aryl methyl sites for hydroxylation is 1. The molecule has 0 aliphatic heterocycles. The Morgan fingerprint density at radius 3 is 2.65 bits per heavy atom. The lowest BCUT2D eigenvalue weighted by Gasteiger charge is -2.16. The third kappa shape index (κ3) is 3.16. The van der Waals surface area contributed by atoms with E-state index in [2.05, 4.69) is 28.6 Å². The Bertz CT molecular complexity index is 1030. The van der Waals surface area contributed by atoms with E-state index in [1.54, 1.807) is 0 Å². The zero-order chi connectivity index (χ0) is 17.9. The molecule has 3 aromatic carbocycles. The molecule has 1 atom stereocenters. The largest absolute Gasteiger partial charge is 0.490 e. The van der Waals surface area contributed by atoms with E-state index < -0.39 is 6.10 Å². The van der Waals surface area contributed by atoms with Gasteiger partial charge < -0.3 is 14.4 Å². The molecule has 1 aromatic heterocycles. The molecule has 26 heavy (non-hydrogen) atoms. The quantitative estimate of drug-likeness (QED) is 0.569. The first-order chi connectivity index (χ1) is 12.8. The fraction of sp³-hybridized carbons (Fsp3) is 0.227. The highest BCUT2D eigenvalue weighted by atomic mass is 16.5. The number of fused-ring (bicyclic) bond motifs is 2. The fourth-order valence-corrected chi connectivity index (χ4v) is 3.37. The van der Waals surface area contributed by atoms with Gasteiger partial charge in [-0.15, -0.1) is 0 Å². The van der Waals surface area contributed by atoms with Gasteiger partial charge in [-0.05, 0) is 23.6 Å². The fourth-order valence-electron chi connectivity index (χ4n) is 3.37.